The average molecular weight is 244 g/mol. The molecule has 0 saturated carbocycles. The van der Waals surface area contributed by atoms with E-state index < -0.39 is 0 Å². The number of piperidine rings is 1. The van der Waals surface area contributed by atoms with Crippen molar-refractivity contribution in [1.82, 2.24) is 10.2 Å². The number of benzene rings is 1. The molecule has 2 aliphatic heterocycles. The Kier molecular flexibility index (Phi) is 2.40. The fraction of sp³-hybridized carbons (Fsp3) is 0.308. The second-order valence-corrected chi connectivity index (χ2v) is 4.52. The number of amides is 3. The maximum absolute atomic E-state index is 12.2. The smallest absolute Gasteiger partial charge is 0.261 e. The molecule has 18 heavy (non-hydrogen) atoms. The lowest BCUT2D eigenvalue weighted by Gasteiger charge is -2.29. The number of imide groups is 1. The quantitative estimate of drug-likeness (QED) is 0.734. The van der Waals surface area contributed by atoms with Gasteiger partial charge in [-0.25, -0.2) is 0 Å². The Bertz CT molecular complexity index is 508. The van der Waals surface area contributed by atoms with Crippen LogP contribution in [0.3, 0.4) is 0 Å². The third-order valence-corrected chi connectivity index (χ3v) is 3.43. The predicted octanol–water partition coefficient (Wildman–Crippen LogP) is 0.561. The highest BCUT2D eigenvalue weighted by Crippen LogP contribution is 2.26. The van der Waals surface area contributed by atoms with Crippen LogP contribution in [0, 0.1) is 0 Å². The molecule has 1 N–H and O–H groups in total. The van der Waals surface area contributed by atoms with Gasteiger partial charge in [0.25, 0.3) is 11.8 Å². The molecule has 1 aromatic carbocycles. The van der Waals surface area contributed by atoms with Crippen molar-refractivity contribution < 1.29 is 14.4 Å². The van der Waals surface area contributed by atoms with Crippen molar-refractivity contribution in [3.05, 3.63) is 35.4 Å². The number of rotatable bonds is 1. The van der Waals surface area contributed by atoms with Gasteiger partial charge in [-0.3, -0.25) is 19.3 Å². The number of hydrogen-bond donors (Lipinski definition) is 1. The van der Waals surface area contributed by atoms with Gasteiger partial charge in [0.1, 0.15) is 0 Å². The van der Waals surface area contributed by atoms with Crippen molar-refractivity contribution in [2.45, 2.75) is 18.9 Å². The Hall–Kier alpha value is -2.17. The van der Waals surface area contributed by atoms with Crippen LogP contribution in [-0.4, -0.2) is 35.2 Å². The van der Waals surface area contributed by atoms with Gasteiger partial charge in [-0.2, -0.15) is 0 Å². The number of carbonyl (C=O) groups excluding carboxylic acids is 3. The summed E-state index contributed by atoms with van der Waals surface area (Å²) in [5.41, 5.74) is 0.916. The van der Waals surface area contributed by atoms with Gasteiger partial charge in [-0.1, -0.05) is 12.1 Å². The van der Waals surface area contributed by atoms with Crippen LogP contribution in [0.5, 0.6) is 0 Å². The molecular formula is C13H12N2O3. The van der Waals surface area contributed by atoms with E-state index in [1.165, 1.54) is 4.90 Å². The van der Waals surface area contributed by atoms with E-state index in [1.807, 2.05) is 0 Å². The largest absolute Gasteiger partial charge is 0.354 e. The molecule has 3 rings (SSSR count). The second-order valence-electron chi connectivity index (χ2n) is 4.52. The van der Waals surface area contributed by atoms with Crippen LogP contribution in [0.15, 0.2) is 24.3 Å². The lowest BCUT2D eigenvalue weighted by Crippen LogP contribution is -2.50. The molecule has 1 fully saturated rings. The molecule has 2 heterocycles. The average Bonchev–Trinajstić information content (AvgIpc) is 2.64. The monoisotopic (exact) mass is 244 g/mol. The number of carbonyl (C=O) groups is 3. The van der Waals surface area contributed by atoms with Crippen LogP contribution < -0.4 is 5.32 Å². The van der Waals surface area contributed by atoms with Gasteiger partial charge in [0, 0.05) is 13.0 Å². The molecule has 1 unspecified atom stereocenters. The van der Waals surface area contributed by atoms with E-state index in [-0.39, 0.29) is 23.8 Å². The molecule has 0 aliphatic carbocycles. The summed E-state index contributed by atoms with van der Waals surface area (Å²) in [4.78, 5) is 36.7. The molecule has 0 aromatic heterocycles. The number of hydrogen-bond acceptors (Lipinski definition) is 3. The minimum Gasteiger partial charge on any atom is -0.354 e. The standard InChI is InChI=1S/C13H12N2O3/c16-11-6-5-8(7-14-11)15-12(17)9-3-1-2-4-10(9)13(15)18/h1-4,8H,5-7H2,(H,14,16). The van der Waals surface area contributed by atoms with E-state index >= 15 is 0 Å². The Morgan fingerprint density at radius 2 is 1.67 bits per heavy atom. The maximum Gasteiger partial charge on any atom is 0.261 e. The molecule has 0 bridgehead atoms. The van der Waals surface area contributed by atoms with Gasteiger partial charge in [0.15, 0.2) is 0 Å². The summed E-state index contributed by atoms with van der Waals surface area (Å²) >= 11 is 0. The first-order valence-electron chi connectivity index (χ1n) is 5.92. The number of nitrogens with one attached hydrogen (secondary N) is 1. The summed E-state index contributed by atoms with van der Waals surface area (Å²) in [6, 6.07) is 6.59. The van der Waals surface area contributed by atoms with Crippen molar-refractivity contribution in [3.63, 3.8) is 0 Å². The molecule has 0 radical (unpaired) electrons. The van der Waals surface area contributed by atoms with Crippen LogP contribution in [0.25, 0.3) is 0 Å². The molecule has 3 amide bonds. The summed E-state index contributed by atoms with van der Waals surface area (Å²) in [5.74, 6) is -0.531. The van der Waals surface area contributed by atoms with Crippen molar-refractivity contribution in [3.8, 4) is 0 Å². The third-order valence-electron chi connectivity index (χ3n) is 3.43. The van der Waals surface area contributed by atoms with Gasteiger partial charge in [-0.15, -0.1) is 0 Å². The summed E-state index contributed by atoms with van der Waals surface area (Å²) < 4.78 is 0. The Morgan fingerprint density at radius 1 is 1.06 bits per heavy atom. The number of fused-ring (bicyclic) bond motifs is 1. The zero-order chi connectivity index (χ0) is 12.7. The van der Waals surface area contributed by atoms with E-state index in [1.54, 1.807) is 24.3 Å². The summed E-state index contributed by atoms with van der Waals surface area (Å²) in [7, 11) is 0. The van der Waals surface area contributed by atoms with Crippen molar-refractivity contribution in [1.29, 1.82) is 0 Å². The van der Waals surface area contributed by atoms with E-state index in [4.69, 9.17) is 0 Å². The van der Waals surface area contributed by atoms with Crippen molar-refractivity contribution >= 4 is 17.7 Å². The van der Waals surface area contributed by atoms with Gasteiger partial charge >= 0.3 is 0 Å². The molecule has 92 valence electrons. The van der Waals surface area contributed by atoms with Crippen LogP contribution in [0.4, 0.5) is 0 Å². The third kappa shape index (κ3) is 1.51. The molecule has 2 aliphatic rings. The normalized spacial score (nSPS) is 23.0. The van der Waals surface area contributed by atoms with Gasteiger partial charge in [0.05, 0.1) is 17.2 Å². The zero-order valence-electron chi connectivity index (χ0n) is 9.68. The highest BCUT2D eigenvalue weighted by atomic mass is 16.2. The lowest BCUT2D eigenvalue weighted by molar-refractivity contribution is -0.123. The van der Waals surface area contributed by atoms with Crippen LogP contribution in [0.1, 0.15) is 33.6 Å². The molecule has 5 heteroatoms. The highest BCUT2D eigenvalue weighted by molar-refractivity contribution is 6.21. The summed E-state index contributed by atoms with van der Waals surface area (Å²) in [6.45, 7) is 0.351. The second kappa shape index (κ2) is 3.94. The van der Waals surface area contributed by atoms with E-state index in [0.717, 1.165) is 0 Å². The molecule has 1 saturated heterocycles. The predicted molar refractivity (Wildman–Crippen MR) is 63.0 cm³/mol. The first-order valence-corrected chi connectivity index (χ1v) is 5.92. The summed E-state index contributed by atoms with van der Waals surface area (Å²) in [6.07, 6.45) is 0.898. The fourth-order valence-corrected chi connectivity index (χ4v) is 2.48. The SMILES string of the molecule is O=C1CCC(N2C(=O)c3ccccc3C2=O)CN1. The van der Waals surface area contributed by atoms with E-state index in [2.05, 4.69) is 5.32 Å². The first kappa shape index (κ1) is 11.0. The minimum absolute atomic E-state index is 0.0251. The topological polar surface area (TPSA) is 66.5 Å². The first-order chi connectivity index (χ1) is 8.68. The zero-order valence-corrected chi connectivity index (χ0v) is 9.68. The van der Waals surface area contributed by atoms with Crippen LogP contribution in [0.2, 0.25) is 0 Å². The molecular weight excluding hydrogens is 232 g/mol. The van der Waals surface area contributed by atoms with Crippen molar-refractivity contribution in [2.24, 2.45) is 0 Å². The van der Waals surface area contributed by atoms with E-state index in [0.29, 0.717) is 30.5 Å². The molecule has 5 nitrogen and oxygen atoms in total. The van der Waals surface area contributed by atoms with Gasteiger partial charge in [-0.05, 0) is 18.6 Å². The molecule has 1 aromatic rings. The lowest BCUT2D eigenvalue weighted by atomic mass is 10.1. The number of nitrogens with zero attached hydrogens (tertiary/aromatic N) is 1. The van der Waals surface area contributed by atoms with Crippen LogP contribution in [-0.2, 0) is 4.79 Å². The van der Waals surface area contributed by atoms with Crippen LogP contribution >= 0.6 is 0 Å². The van der Waals surface area contributed by atoms with Crippen molar-refractivity contribution in [2.75, 3.05) is 6.54 Å². The Labute approximate surface area is 104 Å². The highest BCUT2D eigenvalue weighted by Gasteiger charge is 2.40. The van der Waals surface area contributed by atoms with E-state index in [9.17, 15) is 14.4 Å². The fourth-order valence-electron chi connectivity index (χ4n) is 2.48. The maximum atomic E-state index is 12.2. The van der Waals surface area contributed by atoms with Gasteiger partial charge < -0.3 is 5.32 Å². The minimum atomic E-state index is -0.253. The van der Waals surface area contributed by atoms with Gasteiger partial charge in [0.2, 0.25) is 5.91 Å². The Morgan fingerprint density at radius 3 is 2.17 bits per heavy atom. The molecule has 1 atom stereocenters. The molecule has 0 spiro atoms. The summed E-state index contributed by atoms with van der Waals surface area (Å²) in [5, 5.41) is 2.69. The Balaban J connectivity index is 1.90.